The van der Waals surface area contributed by atoms with Crippen molar-refractivity contribution in [3.8, 4) is 28.0 Å². The number of benzene rings is 2. The van der Waals surface area contributed by atoms with Gasteiger partial charge in [0.15, 0.2) is 0 Å². The van der Waals surface area contributed by atoms with E-state index in [1.807, 2.05) is 25.4 Å². The van der Waals surface area contributed by atoms with Crippen LogP contribution in [-0.2, 0) is 13.6 Å². The lowest BCUT2D eigenvalue weighted by atomic mass is 10.0. The third-order valence-corrected chi connectivity index (χ3v) is 8.31. The molecule has 0 radical (unpaired) electrons. The Bertz CT molecular complexity index is 1560. The lowest BCUT2D eigenvalue weighted by Gasteiger charge is -2.32. The molecule has 2 aliphatic rings. The Morgan fingerprint density at radius 2 is 1.79 bits per heavy atom. The second-order valence-electron chi connectivity index (χ2n) is 11.7. The van der Waals surface area contributed by atoms with Crippen LogP contribution in [0.2, 0.25) is 0 Å². The zero-order valence-electron chi connectivity index (χ0n) is 24.9. The molecule has 1 amide bonds. The maximum absolute atomic E-state index is 13.1. The summed E-state index contributed by atoms with van der Waals surface area (Å²) in [6.07, 6.45) is 6.04. The van der Waals surface area contributed by atoms with Gasteiger partial charge in [0.25, 0.3) is 5.91 Å². The van der Waals surface area contributed by atoms with Crippen LogP contribution in [0.5, 0.6) is 5.75 Å². The highest BCUT2D eigenvalue weighted by Crippen LogP contribution is 2.26. The first kappa shape index (κ1) is 28.9. The SMILES string of the molecule is CN1CCN(Cc2cccc(-c3cccc(OC[C@@H]4C[C@H](NC(=O)c5cc(-c6cnn(C)c6)cnc5N)CN4)c3)c2)CC1. The van der Waals surface area contributed by atoms with E-state index in [0.717, 1.165) is 61.6 Å². The van der Waals surface area contributed by atoms with Gasteiger partial charge in [-0.05, 0) is 54.4 Å². The largest absolute Gasteiger partial charge is 0.492 e. The van der Waals surface area contributed by atoms with E-state index in [0.29, 0.717) is 18.7 Å². The average Bonchev–Trinajstić information content (AvgIpc) is 3.66. The van der Waals surface area contributed by atoms with Crippen LogP contribution >= 0.6 is 0 Å². The predicted molar refractivity (Wildman–Crippen MR) is 169 cm³/mol. The van der Waals surface area contributed by atoms with E-state index in [2.05, 4.69) is 74.0 Å². The summed E-state index contributed by atoms with van der Waals surface area (Å²) in [6.45, 7) is 6.60. The first-order valence-corrected chi connectivity index (χ1v) is 14.9. The number of carbonyl (C=O) groups is 1. The number of nitrogens with two attached hydrogens (primary N) is 1. The second kappa shape index (κ2) is 12.9. The third-order valence-electron chi connectivity index (χ3n) is 8.31. The molecule has 0 aliphatic carbocycles. The molecule has 0 unspecified atom stereocenters. The fourth-order valence-electron chi connectivity index (χ4n) is 5.78. The third kappa shape index (κ3) is 7.22. The minimum absolute atomic E-state index is 0.0306. The maximum atomic E-state index is 13.1. The zero-order valence-corrected chi connectivity index (χ0v) is 24.9. The minimum atomic E-state index is -0.230. The number of likely N-dealkylation sites (N-methyl/N-ethyl adjacent to an activating group) is 1. The molecule has 2 fully saturated rings. The predicted octanol–water partition coefficient (Wildman–Crippen LogP) is 3.02. The Morgan fingerprint density at radius 1 is 1.00 bits per heavy atom. The highest BCUT2D eigenvalue weighted by atomic mass is 16.5. The molecule has 4 aromatic rings. The molecule has 6 rings (SSSR count). The number of pyridine rings is 1. The molecule has 2 aromatic heterocycles. The maximum Gasteiger partial charge on any atom is 0.255 e. The number of aryl methyl sites for hydroxylation is 1. The number of nitrogens with one attached hydrogen (secondary N) is 2. The molecular formula is C33H40N8O2. The van der Waals surface area contributed by atoms with E-state index in [1.165, 1.54) is 11.1 Å². The van der Waals surface area contributed by atoms with Crippen molar-refractivity contribution in [2.75, 3.05) is 52.1 Å². The first-order chi connectivity index (χ1) is 20.9. The van der Waals surface area contributed by atoms with Crippen molar-refractivity contribution in [2.45, 2.75) is 25.0 Å². The number of aromatic nitrogens is 3. The van der Waals surface area contributed by atoms with E-state index in [1.54, 1.807) is 23.1 Å². The molecule has 2 aromatic carbocycles. The summed E-state index contributed by atoms with van der Waals surface area (Å²) in [6, 6.07) is 18.9. The summed E-state index contributed by atoms with van der Waals surface area (Å²) >= 11 is 0. The Hall–Kier alpha value is -4.25. The summed E-state index contributed by atoms with van der Waals surface area (Å²) in [5.74, 6) is 0.815. The second-order valence-corrected chi connectivity index (χ2v) is 11.7. The van der Waals surface area contributed by atoms with Gasteiger partial charge in [-0.3, -0.25) is 14.4 Å². The molecule has 4 heterocycles. The average molecular weight is 581 g/mol. The Balaban J connectivity index is 1.02. The molecule has 0 spiro atoms. The van der Waals surface area contributed by atoms with Crippen LogP contribution in [-0.4, -0.2) is 88.9 Å². The fourth-order valence-corrected chi connectivity index (χ4v) is 5.78. The molecule has 0 saturated carbocycles. The van der Waals surface area contributed by atoms with Crippen LogP contribution in [0.25, 0.3) is 22.3 Å². The lowest BCUT2D eigenvalue weighted by Crippen LogP contribution is -2.43. The number of nitrogens with zero attached hydrogens (tertiary/aromatic N) is 5. The van der Waals surface area contributed by atoms with Gasteiger partial charge in [0, 0.05) is 81.9 Å². The highest BCUT2D eigenvalue weighted by Gasteiger charge is 2.27. The summed E-state index contributed by atoms with van der Waals surface area (Å²) < 4.78 is 7.92. The number of hydrogen-bond donors (Lipinski definition) is 3. The first-order valence-electron chi connectivity index (χ1n) is 14.9. The van der Waals surface area contributed by atoms with E-state index >= 15 is 0 Å². The van der Waals surface area contributed by atoms with Crippen molar-refractivity contribution in [1.29, 1.82) is 0 Å². The van der Waals surface area contributed by atoms with E-state index < -0.39 is 0 Å². The molecule has 10 nitrogen and oxygen atoms in total. The van der Waals surface area contributed by atoms with Gasteiger partial charge in [-0.1, -0.05) is 30.3 Å². The number of anilines is 1. The number of amides is 1. The number of piperazine rings is 1. The monoisotopic (exact) mass is 580 g/mol. The van der Waals surface area contributed by atoms with Gasteiger partial charge in [0.2, 0.25) is 0 Å². The van der Waals surface area contributed by atoms with Crippen molar-refractivity contribution in [3.05, 3.63) is 84.3 Å². The van der Waals surface area contributed by atoms with Crippen LogP contribution in [0.1, 0.15) is 22.3 Å². The van der Waals surface area contributed by atoms with Crippen molar-refractivity contribution in [2.24, 2.45) is 7.05 Å². The summed E-state index contributed by atoms with van der Waals surface area (Å²) in [7, 11) is 4.03. The molecule has 43 heavy (non-hydrogen) atoms. The van der Waals surface area contributed by atoms with Gasteiger partial charge in [0.1, 0.15) is 18.2 Å². The number of rotatable bonds is 9. The summed E-state index contributed by atoms with van der Waals surface area (Å²) in [4.78, 5) is 22.2. The molecule has 2 aliphatic heterocycles. The van der Waals surface area contributed by atoms with Gasteiger partial charge in [0.05, 0.1) is 11.8 Å². The van der Waals surface area contributed by atoms with Crippen LogP contribution < -0.4 is 21.1 Å². The Kier molecular flexibility index (Phi) is 8.69. The van der Waals surface area contributed by atoms with Crippen molar-refractivity contribution >= 4 is 11.7 Å². The van der Waals surface area contributed by atoms with Gasteiger partial charge in [-0.15, -0.1) is 0 Å². The van der Waals surface area contributed by atoms with E-state index in [-0.39, 0.29) is 23.8 Å². The lowest BCUT2D eigenvalue weighted by molar-refractivity contribution is 0.0940. The van der Waals surface area contributed by atoms with Gasteiger partial charge < -0.3 is 26.0 Å². The number of ether oxygens (including phenoxy) is 1. The molecule has 2 atom stereocenters. The van der Waals surface area contributed by atoms with Crippen LogP contribution in [0, 0.1) is 0 Å². The fraction of sp³-hybridized carbons (Fsp3) is 0.364. The van der Waals surface area contributed by atoms with Crippen LogP contribution in [0.3, 0.4) is 0 Å². The smallest absolute Gasteiger partial charge is 0.255 e. The minimum Gasteiger partial charge on any atom is -0.492 e. The molecule has 0 bridgehead atoms. The summed E-state index contributed by atoms with van der Waals surface area (Å²) in [5, 5.41) is 10.8. The summed E-state index contributed by atoms with van der Waals surface area (Å²) in [5.41, 5.74) is 11.8. The normalized spacial score (nSPS) is 19.4. The highest BCUT2D eigenvalue weighted by molar-refractivity contribution is 5.99. The van der Waals surface area contributed by atoms with Gasteiger partial charge in [-0.2, -0.15) is 5.10 Å². The molecule has 224 valence electrons. The van der Waals surface area contributed by atoms with E-state index in [4.69, 9.17) is 10.5 Å². The topological polar surface area (TPSA) is 114 Å². The van der Waals surface area contributed by atoms with Crippen molar-refractivity contribution in [3.63, 3.8) is 0 Å². The number of carbonyl (C=O) groups excluding carboxylic acids is 1. The standard InChI is InChI=1S/C33H40N8O2/c1-39-9-11-41(12-10-39)20-23-5-3-6-24(13-23)25-7-4-8-30(14-25)43-22-29-16-28(19-35-29)38-33(42)31-15-26(17-36-32(31)34)27-18-37-40(2)21-27/h3-8,13-15,17-18,21,28-29,35H,9-12,16,19-20,22H2,1-2H3,(H2,34,36)(H,38,42)/t28-,29-/m0/s1. The van der Waals surface area contributed by atoms with Gasteiger partial charge in [-0.25, -0.2) is 4.98 Å². The number of hydrogen-bond acceptors (Lipinski definition) is 8. The van der Waals surface area contributed by atoms with Gasteiger partial charge >= 0.3 is 0 Å². The molecule has 10 heteroatoms. The molecular weight excluding hydrogens is 540 g/mol. The molecule has 2 saturated heterocycles. The van der Waals surface area contributed by atoms with Crippen molar-refractivity contribution < 1.29 is 9.53 Å². The van der Waals surface area contributed by atoms with Crippen LogP contribution in [0.15, 0.2) is 73.2 Å². The Morgan fingerprint density at radius 3 is 2.58 bits per heavy atom. The number of nitrogen functional groups attached to an aromatic ring is 1. The molecule has 4 N–H and O–H groups in total. The van der Waals surface area contributed by atoms with E-state index in [9.17, 15) is 4.79 Å². The Labute approximate surface area is 252 Å². The van der Waals surface area contributed by atoms with Crippen LogP contribution in [0.4, 0.5) is 5.82 Å². The zero-order chi connectivity index (χ0) is 29.8. The quantitative estimate of drug-likeness (QED) is 0.277. The van der Waals surface area contributed by atoms with Crippen molar-refractivity contribution in [1.82, 2.24) is 35.2 Å².